The summed E-state index contributed by atoms with van der Waals surface area (Å²) in [6.45, 7) is 2.00. The van der Waals surface area contributed by atoms with Gasteiger partial charge in [0, 0.05) is 30.9 Å². The summed E-state index contributed by atoms with van der Waals surface area (Å²) in [5, 5.41) is 8.36. The highest BCUT2D eigenvalue weighted by molar-refractivity contribution is 6.34. The zero-order valence-electron chi connectivity index (χ0n) is 11.8. The second-order valence-electron chi connectivity index (χ2n) is 5.83. The first-order valence-corrected chi connectivity index (χ1v) is 7.55. The molecule has 1 aromatic rings. The molecule has 1 aromatic carbocycles. The summed E-state index contributed by atoms with van der Waals surface area (Å²) in [6.07, 6.45) is 3.73. The Labute approximate surface area is 125 Å². The molecule has 5 heteroatoms. The van der Waals surface area contributed by atoms with Crippen LogP contribution in [0, 0.1) is 5.41 Å². The quantitative estimate of drug-likeness (QED) is 0.649. The van der Waals surface area contributed by atoms with Crippen molar-refractivity contribution in [2.45, 2.75) is 31.3 Å². The molecule has 2 atom stereocenters. The average Bonchev–Trinajstić information content (AvgIpc) is 2.62. The highest BCUT2D eigenvalue weighted by Gasteiger charge is 2.35. The summed E-state index contributed by atoms with van der Waals surface area (Å²) < 4.78 is 0. The van der Waals surface area contributed by atoms with E-state index in [1.54, 1.807) is 6.07 Å². The first kappa shape index (κ1) is 13.7. The van der Waals surface area contributed by atoms with Gasteiger partial charge >= 0.3 is 0 Å². The van der Waals surface area contributed by atoms with E-state index < -0.39 is 0 Å². The van der Waals surface area contributed by atoms with Crippen LogP contribution in [0.2, 0.25) is 5.02 Å². The van der Waals surface area contributed by atoms with Crippen LogP contribution >= 0.6 is 11.6 Å². The van der Waals surface area contributed by atoms with Gasteiger partial charge in [0.05, 0.1) is 10.6 Å². The molecule has 0 aromatic heterocycles. The number of amidine groups is 1. The predicted molar refractivity (Wildman–Crippen MR) is 83.9 cm³/mol. The topological polar surface area (TPSA) is 56.4 Å². The fraction of sp³-hybridized carbons (Fsp3) is 0.533. The Morgan fingerprint density at radius 1 is 1.30 bits per heavy atom. The van der Waals surface area contributed by atoms with Gasteiger partial charge in [-0.25, -0.2) is 0 Å². The summed E-state index contributed by atoms with van der Waals surface area (Å²) in [6, 6.07) is 7.07. The molecule has 0 saturated carbocycles. The molecule has 0 aliphatic carbocycles. The van der Waals surface area contributed by atoms with Gasteiger partial charge in [0.25, 0.3) is 0 Å². The van der Waals surface area contributed by atoms with Gasteiger partial charge in [-0.2, -0.15) is 0 Å². The molecule has 2 saturated heterocycles. The summed E-state index contributed by atoms with van der Waals surface area (Å²) in [4.78, 5) is 4.86. The first-order chi connectivity index (χ1) is 9.58. The minimum absolute atomic E-state index is 0.0494. The Morgan fingerprint density at radius 3 is 2.80 bits per heavy atom. The summed E-state index contributed by atoms with van der Waals surface area (Å²) in [7, 11) is 2.23. The van der Waals surface area contributed by atoms with E-state index in [0.29, 0.717) is 22.7 Å². The van der Waals surface area contributed by atoms with Crippen molar-refractivity contribution in [1.82, 2.24) is 4.90 Å². The minimum Gasteiger partial charge on any atom is -0.384 e. The number of fused-ring (bicyclic) bond motifs is 2. The Morgan fingerprint density at radius 2 is 2.05 bits per heavy atom. The van der Waals surface area contributed by atoms with Gasteiger partial charge < -0.3 is 10.6 Å². The average molecular weight is 293 g/mol. The third-order valence-corrected chi connectivity index (χ3v) is 5.07. The number of rotatable bonds is 2. The Balaban J connectivity index is 1.94. The van der Waals surface area contributed by atoms with Crippen LogP contribution in [0.3, 0.4) is 0 Å². The van der Waals surface area contributed by atoms with Crippen LogP contribution in [0.15, 0.2) is 18.2 Å². The maximum absolute atomic E-state index is 7.79. The lowest BCUT2D eigenvalue weighted by Gasteiger charge is -2.29. The van der Waals surface area contributed by atoms with Crippen LogP contribution in [0.4, 0.5) is 5.69 Å². The fourth-order valence-electron chi connectivity index (χ4n) is 3.57. The third-order valence-electron chi connectivity index (χ3n) is 4.75. The smallest absolute Gasteiger partial charge is 0.126 e. The van der Waals surface area contributed by atoms with E-state index in [1.165, 1.54) is 12.8 Å². The van der Waals surface area contributed by atoms with Gasteiger partial charge in [0.1, 0.15) is 5.84 Å². The molecule has 3 N–H and O–H groups in total. The lowest BCUT2D eigenvalue weighted by Crippen LogP contribution is -2.37. The highest BCUT2D eigenvalue weighted by Crippen LogP contribution is 2.33. The van der Waals surface area contributed by atoms with E-state index in [2.05, 4.69) is 16.8 Å². The van der Waals surface area contributed by atoms with Crippen molar-refractivity contribution in [3.63, 3.8) is 0 Å². The number of benzene rings is 1. The molecular weight excluding hydrogens is 272 g/mol. The monoisotopic (exact) mass is 292 g/mol. The van der Waals surface area contributed by atoms with Crippen LogP contribution in [0.25, 0.3) is 0 Å². The lowest BCUT2D eigenvalue weighted by molar-refractivity contribution is 0.254. The fourth-order valence-corrected chi connectivity index (χ4v) is 3.84. The van der Waals surface area contributed by atoms with Gasteiger partial charge in [0.2, 0.25) is 0 Å². The van der Waals surface area contributed by atoms with Crippen molar-refractivity contribution in [3.8, 4) is 0 Å². The van der Waals surface area contributed by atoms with Crippen LogP contribution in [0.1, 0.15) is 24.8 Å². The van der Waals surface area contributed by atoms with Crippen molar-refractivity contribution in [1.29, 1.82) is 5.41 Å². The molecule has 0 amide bonds. The molecule has 4 nitrogen and oxygen atoms in total. The summed E-state index contributed by atoms with van der Waals surface area (Å²) >= 11 is 6.23. The lowest BCUT2D eigenvalue weighted by atomic mass is 10.1. The molecule has 20 heavy (non-hydrogen) atoms. The van der Waals surface area contributed by atoms with Crippen molar-refractivity contribution in [2.75, 3.05) is 25.0 Å². The normalized spacial score (nSPS) is 26.6. The molecule has 2 aliphatic heterocycles. The molecule has 2 heterocycles. The maximum atomic E-state index is 7.79. The number of nitrogens with one attached hydrogen (secondary N) is 1. The Hall–Kier alpha value is -1.26. The molecule has 2 unspecified atom stereocenters. The second-order valence-corrected chi connectivity index (χ2v) is 6.24. The molecule has 3 rings (SSSR count). The number of hydrogen-bond donors (Lipinski definition) is 2. The zero-order valence-corrected chi connectivity index (χ0v) is 12.5. The molecule has 2 fully saturated rings. The Bertz CT molecular complexity index is 531. The van der Waals surface area contributed by atoms with Gasteiger partial charge in [-0.15, -0.1) is 0 Å². The number of nitrogen functional groups attached to an aromatic ring is 1. The van der Waals surface area contributed by atoms with E-state index in [-0.39, 0.29) is 5.84 Å². The van der Waals surface area contributed by atoms with E-state index >= 15 is 0 Å². The zero-order chi connectivity index (χ0) is 14.3. The van der Waals surface area contributed by atoms with Crippen molar-refractivity contribution in [3.05, 3.63) is 28.8 Å². The number of halogens is 1. The van der Waals surface area contributed by atoms with Crippen LogP contribution in [-0.2, 0) is 0 Å². The molecular formula is C15H21ClN4. The SMILES string of the molecule is CN1C2CCC1CN(c1cccc(Cl)c1C(=N)N)CC2. The van der Waals surface area contributed by atoms with Gasteiger partial charge in [-0.3, -0.25) is 10.3 Å². The van der Waals surface area contributed by atoms with E-state index in [0.717, 1.165) is 25.2 Å². The minimum atomic E-state index is 0.0494. The summed E-state index contributed by atoms with van der Waals surface area (Å²) in [5.74, 6) is 0.0494. The van der Waals surface area contributed by atoms with E-state index in [9.17, 15) is 0 Å². The van der Waals surface area contributed by atoms with Crippen LogP contribution < -0.4 is 10.6 Å². The predicted octanol–water partition coefficient (Wildman–Crippen LogP) is 2.30. The van der Waals surface area contributed by atoms with Crippen LogP contribution in [0.5, 0.6) is 0 Å². The molecule has 2 aliphatic rings. The highest BCUT2D eigenvalue weighted by atomic mass is 35.5. The number of anilines is 1. The largest absolute Gasteiger partial charge is 0.384 e. The molecule has 0 radical (unpaired) electrons. The van der Waals surface area contributed by atoms with Crippen molar-refractivity contribution >= 4 is 23.1 Å². The number of hydrogen-bond acceptors (Lipinski definition) is 3. The molecule has 108 valence electrons. The van der Waals surface area contributed by atoms with Crippen LogP contribution in [-0.4, -0.2) is 43.0 Å². The van der Waals surface area contributed by atoms with Gasteiger partial charge in [-0.1, -0.05) is 17.7 Å². The summed E-state index contributed by atoms with van der Waals surface area (Å²) in [5.41, 5.74) is 7.41. The number of likely N-dealkylation sites (N-methyl/N-ethyl adjacent to an activating group) is 1. The van der Waals surface area contributed by atoms with Crippen molar-refractivity contribution < 1.29 is 0 Å². The first-order valence-electron chi connectivity index (χ1n) is 7.17. The second kappa shape index (κ2) is 5.26. The third kappa shape index (κ3) is 2.27. The maximum Gasteiger partial charge on any atom is 0.126 e. The Kier molecular flexibility index (Phi) is 3.61. The molecule has 2 bridgehead atoms. The molecule has 0 spiro atoms. The van der Waals surface area contributed by atoms with E-state index in [1.807, 2.05) is 12.1 Å². The van der Waals surface area contributed by atoms with Gasteiger partial charge in [0.15, 0.2) is 0 Å². The van der Waals surface area contributed by atoms with Gasteiger partial charge in [-0.05, 0) is 38.4 Å². The standard InChI is InChI=1S/C15H21ClN4/c1-19-10-5-6-11(19)9-20(8-7-10)13-4-2-3-12(16)14(13)15(17)18/h2-4,10-11H,5-9H2,1H3,(H3,17,18). The number of nitrogens with zero attached hydrogens (tertiary/aromatic N) is 2. The number of nitrogens with two attached hydrogens (primary N) is 1. The van der Waals surface area contributed by atoms with E-state index in [4.69, 9.17) is 22.7 Å². The van der Waals surface area contributed by atoms with Crippen molar-refractivity contribution in [2.24, 2.45) is 5.73 Å².